The molecule has 0 aliphatic carbocycles. The molecule has 0 fully saturated rings. The van der Waals surface area contributed by atoms with Crippen molar-refractivity contribution in [2.24, 2.45) is 7.05 Å². The Morgan fingerprint density at radius 3 is 2.75 bits per heavy atom. The molecule has 0 radical (unpaired) electrons. The maximum atomic E-state index is 5.59. The normalized spacial score (nSPS) is 11.0. The summed E-state index contributed by atoms with van der Waals surface area (Å²) in [5, 5.41) is 7.61. The van der Waals surface area contributed by atoms with E-state index in [1.165, 1.54) is 0 Å². The summed E-state index contributed by atoms with van der Waals surface area (Å²) >= 11 is 3.52. The highest BCUT2D eigenvalue weighted by Crippen LogP contribution is 2.20. The van der Waals surface area contributed by atoms with Crippen LogP contribution in [0.3, 0.4) is 0 Å². The van der Waals surface area contributed by atoms with Crippen molar-refractivity contribution in [3.8, 4) is 0 Å². The summed E-state index contributed by atoms with van der Waals surface area (Å²) in [4.78, 5) is 0. The van der Waals surface area contributed by atoms with Gasteiger partial charge in [-0.3, -0.25) is 4.68 Å². The van der Waals surface area contributed by atoms with E-state index in [1.54, 1.807) is 0 Å². The quantitative estimate of drug-likeness (QED) is 0.781. The van der Waals surface area contributed by atoms with Crippen LogP contribution in [0.1, 0.15) is 24.7 Å². The number of nitrogens with zero attached hydrogens (tertiary/aromatic N) is 2. The maximum absolute atomic E-state index is 5.59. The van der Waals surface area contributed by atoms with Gasteiger partial charge in [0.05, 0.1) is 29.1 Å². The molecule has 0 bridgehead atoms. The Balaban J connectivity index is 2.26. The standard InChI is InChI=1S/C11H20BrN3O/c1-4-5-13-6-7-16-8-10-11(12)9(2)14-15(10)3/h13H,4-8H2,1-3H3. The van der Waals surface area contributed by atoms with Crippen LogP contribution in [-0.4, -0.2) is 29.5 Å². The zero-order valence-electron chi connectivity index (χ0n) is 10.2. The van der Waals surface area contributed by atoms with Gasteiger partial charge in [-0.15, -0.1) is 0 Å². The molecule has 0 spiro atoms. The van der Waals surface area contributed by atoms with Crippen LogP contribution in [0.25, 0.3) is 0 Å². The van der Waals surface area contributed by atoms with E-state index in [2.05, 4.69) is 33.3 Å². The van der Waals surface area contributed by atoms with Crippen molar-refractivity contribution in [2.75, 3.05) is 19.7 Å². The Bertz CT molecular complexity index is 325. The van der Waals surface area contributed by atoms with Crippen LogP contribution in [0.15, 0.2) is 4.47 Å². The Morgan fingerprint density at radius 1 is 1.44 bits per heavy atom. The van der Waals surface area contributed by atoms with Gasteiger partial charge in [0.25, 0.3) is 0 Å². The van der Waals surface area contributed by atoms with Gasteiger partial charge in [0.2, 0.25) is 0 Å². The predicted octanol–water partition coefficient (Wildman–Crippen LogP) is 2.01. The van der Waals surface area contributed by atoms with Crippen LogP contribution in [0.2, 0.25) is 0 Å². The van der Waals surface area contributed by atoms with Crippen LogP contribution in [-0.2, 0) is 18.4 Å². The molecule has 1 heterocycles. The van der Waals surface area contributed by atoms with E-state index >= 15 is 0 Å². The van der Waals surface area contributed by atoms with Gasteiger partial charge in [0.15, 0.2) is 0 Å². The van der Waals surface area contributed by atoms with Crippen LogP contribution in [0, 0.1) is 6.92 Å². The Labute approximate surface area is 105 Å². The molecule has 1 aromatic rings. The molecule has 0 aliphatic heterocycles. The summed E-state index contributed by atoms with van der Waals surface area (Å²) < 4.78 is 8.50. The fraction of sp³-hybridized carbons (Fsp3) is 0.727. The minimum Gasteiger partial charge on any atom is -0.374 e. The number of ether oxygens (including phenoxy) is 1. The van der Waals surface area contributed by atoms with Gasteiger partial charge >= 0.3 is 0 Å². The molecule has 16 heavy (non-hydrogen) atoms. The van der Waals surface area contributed by atoms with Crippen molar-refractivity contribution >= 4 is 15.9 Å². The minimum absolute atomic E-state index is 0.603. The van der Waals surface area contributed by atoms with Crippen LogP contribution in [0.5, 0.6) is 0 Å². The molecule has 0 atom stereocenters. The average molecular weight is 290 g/mol. The van der Waals surface area contributed by atoms with Gasteiger partial charge in [-0.1, -0.05) is 6.92 Å². The number of rotatable bonds is 7. The van der Waals surface area contributed by atoms with E-state index in [4.69, 9.17) is 4.74 Å². The number of hydrogen-bond acceptors (Lipinski definition) is 3. The van der Waals surface area contributed by atoms with E-state index in [9.17, 15) is 0 Å². The molecule has 1 aromatic heterocycles. The molecule has 0 aromatic carbocycles. The first-order valence-corrected chi connectivity index (χ1v) is 6.42. The molecule has 1 N–H and O–H groups in total. The van der Waals surface area contributed by atoms with Gasteiger partial charge in [-0.2, -0.15) is 5.10 Å². The van der Waals surface area contributed by atoms with Crippen molar-refractivity contribution in [1.29, 1.82) is 0 Å². The summed E-state index contributed by atoms with van der Waals surface area (Å²) in [6.45, 7) is 7.43. The lowest BCUT2D eigenvalue weighted by atomic mass is 10.4. The zero-order chi connectivity index (χ0) is 12.0. The number of aromatic nitrogens is 2. The molecule has 0 aliphatic rings. The Morgan fingerprint density at radius 2 is 2.19 bits per heavy atom. The number of hydrogen-bond donors (Lipinski definition) is 1. The predicted molar refractivity (Wildman–Crippen MR) is 68.5 cm³/mol. The third-order valence-corrected chi connectivity index (χ3v) is 3.38. The highest BCUT2D eigenvalue weighted by atomic mass is 79.9. The highest BCUT2D eigenvalue weighted by Gasteiger charge is 2.09. The molecule has 92 valence electrons. The van der Waals surface area contributed by atoms with Gasteiger partial charge in [0.1, 0.15) is 0 Å². The fourth-order valence-electron chi connectivity index (χ4n) is 1.45. The number of aryl methyl sites for hydroxylation is 2. The molecular formula is C11H20BrN3O. The van der Waals surface area contributed by atoms with Gasteiger partial charge in [-0.25, -0.2) is 0 Å². The van der Waals surface area contributed by atoms with Crippen molar-refractivity contribution in [3.05, 3.63) is 15.9 Å². The van der Waals surface area contributed by atoms with Gasteiger partial charge in [0, 0.05) is 13.6 Å². The summed E-state index contributed by atoms with van der Waals surface area (Å²) in [6, 6.07) is 0. The summed E-state index contributed by atoms with van der Waals surface area (Å²) in [5.41, 5.74) is 2.10. The average Bonchev–Trinajstić information content (AvgIpc) is 2.49. The minimum atomic E-state index is 0.603. The first-order valence-electron chi connectivity index (χ1n) is 5.63. The van der Waals surface area contributed by atoms with Gasteiger partial charge in [-0.05, 0) is 35.8 Å². The second kappa shape index (κ2) is 7.04. The molecule has 0 saturated heterocycles. The molecule has 0 saturated carbocycles. The van der Waals surface area contributed by atoms with Crippen LogP contribution in [0.4, 0.5) is 0 Å². The smallest absolute Gasteiger partial charge is 0.0896 e. The zero-order valence-corrected chi connectivity index (χ0v) is 11.8. The fourth-order valence-corrected chi connectivity index (χ4v) is 1.90. The van der Waals surface area contributed by atoms with E-state index in [-0.39, 0.29) is 0 Å². The lowest BCUT2D eigenvalue weighted by Gasteiger charge is -2.06. The van der Waals surface area contributed by atoms with Crippen molar-refractivity contribution in [1.82, 2.24) is 15.1 Å². The first kappa shape index (κ1) is 13.7. The number of nitrogens with one attached hydrogen (secondary N) is 1. The largest absolute Gasteiger partial charge is 0.374 e. The second-order valence-electron chi connectivity index (χ2n) is 3.77. The molecule has 1 rings (SSSR count). The highest BCUT2D eigenvalue weighted by molar-refractivity contribution is 9.10. The maximum Gasteiger partial charge on any atom is 0.0896 e. The molecule has 4 nitrogen and oxygen atoms in total. The number of halogens is 1. The first-order chi connectivity index (χ1) is 7.66. The molecule has 0 unspecified atom stereocenters. The molecule has 5 heteroatoms. The summed E-state index contributed by atoms with van der Waals surface area (Å²) in [6.07, 6.45) is 1.16. The monoisotopic (exact) mass is 289 g/mol. The second-order valence-corrected chi connectivity index (χ2v) is 4.57. The molecular weight excluding hydrogens is 270 g/mol. The topological polar surface area (TPSA) is 39.1 Å². The van der Waals surface area contributed by atoms with Crippen molar-refractivity contribution in [2.45, 2.75) is 26.9 Å². The summed E-state index contributed by atoms with van der Waals surface area (Å²) in [5.74, 6) is 0. The van der Waals surface area contributed by atoms with E-state index in [0.29, 0.717) is 6.61 Å². The third-order valence-electron chi connectivity index (χ3n) is 2.35. The Kier molecular flexibility index (Phi) is 6.01. The molecule has 0 amide bonds. The Hall–Kier alpha value is -0.390. The third kappa shape index (κ3) is 3.88. The van der Waals surface area contributed by atoms with Crippen LogP contribution < -0.4 is 5.32 Å². The lowest BCUT2D eigenvalue weighted by molar-refractivity contribution is 0.117. The van der Waals surface area contributed by atoms with E-state index < -0.39 is 0 Å². The van der Waals surface area contributed by atoms with Crippen LogP contribution >= 0.6 is 15.9 Å². The van der Waals surface area contributed by atoms with Crippen molar-refractivity contribution < 1.29 is 4.74 Å². The van der Waals surface area contributed by atoms with Crippen molar-refractivity contribution in [3.63, 3.8) is 0 Å². The summed E-state index contributed by atoms with van der Waals surface area (Å²) in [7, 11) is 1.94. The van der Waals surface area contributed by atoms with E-state index in [0.717, 1.165) is 42.0 Å². The SMILES string of the molecule is CCCNCCOCc1c(Br)c(C)nn1C. The van der Waals surface area contributed by atoms with E-state index in [1.807, 2.05) is 18.7 Å². The lowest BCUT2D eigenvalue weighted by Crippen LogP contribution is -2.20. The van der Waals surface area contributed by atoms with Gasteiger partial charge < -0.3 is 10.1 Å².